The third-order valence-corrected chi connectivity index (χ3v) is 9.38. The second-order valence-corrected chi connectivity index (χ2v) is 10.7. The van der Waals surface area contributed by atoms with Gasteiger partial charge in [0.05, 0.1) is 11.7 Å². The Morgan fingerprint density at radius 3 is 2.17 bits per heavy atom. The fraction of sp³-hybridized carbons (Fsp3) is 0.625. The number of hydrogen-bond acceptors (Lipinski definition) is 2. The van der Waals surface area contributed by atoms with Crippen LogP contribution in [0.3, 0.4) is 0 Å². The number of hydrogen-bond donors (Lipinski definition) is 1. The van der Waals surface area contributed by atoms with E-state index < -0.39 is 26.2 Å². The monoisotopic (exact) mass is 367 g/mol. The van der Waals surface area contributed by atoms with Crippen LogP contribution in [0, 0.1) is 0 Å². The molecule has 1 aromatic carbocycles. The van der Waals surface area contributed by atoms with E-state index in [0.29, 0.717) is 6.54 Å². The summed E-state index contributed by atoms with van der Waals surface area (Å²) in [5.41, 5.74) is -0.667. The summed E-state index contributed by atoms with van der Waals surface area (Å²) in [5, 5.41) is 3.04. The van der Waals surface area contributed by atoms with Gasteiger partial charge in [-0.25, -0.2) is 0 Å². The van der Waals surface area contributed by atoms with Gasteiger partial charge in [0.15, 0.2) is 8.32 Å². The van der Waals surface area contributed by atoms with E-state index in [9.17, 15) is 13.2 Å². The van der Waals surface area contributed by atoms with Gasteiger partial charge in [-0.05, 0) is 37.3 Å². The molecule has 7 heteroatoms. The molecular formula is C16H25ClF3NOSi. The Hall–Kier alpha value is -0.563. The standard InChI is InChI=1S/C16H25ClF3NOSi/c1-5-23(6-2,7-3)22-14(11-21-4)15-12(16(18,19)20)9-8-10-13(15)17/h8-10,14,21H,5-7,11H2,1-4H3. The molecule has 0 spiro atoms. The summed E-state index contributed by atoms with van der Waals surface area (Å²) in [7, 11) is -0.370. The SMILES string of the molecule is CC[Si](CC)(CC)OC(CNC)c1c(Cl)cccc1C(F)(F)F. The summed E-state index contributed by atoms with van der Waals surface area (Å²) >= 11 is 6.13. The Labute approximate surface area is 142 Å². The van der Waals surface area contributed by atoms with Crippen molar-refractivity contribution in [2.45, 2.75) is 51.2 Å². The van der Waals surface area contributed by atoms with Crippen molar-refractivity contribution in [1.82, 2.24) is 5.32 Å². The molecule has 0 bridgehead atoms. The Morgan fingerprint density at radius 2 is 1.74 bits per heavy atom. The molecule has 1 rings (SSSR count). The first-order valence-electron chi connectivity index (χ1n) is 7.92. The van der Waals surface area contributed by atoms with Crippen LogP contribution in [-0.4, -0.2) is 21.9 Å². The molecule has 0 aliphatic heterocycles. The molecule has 1 unspecified atom stereocenters. The molecule has 0 heterocycles. The number of benzene rings is 1. The molecule has 0 aliphatic carbocycles. The van der Waals surface area contributed by atoms with Gasteiger partial charge >= 0.3 is 6.18 Å². The predicted octanol–water partition coefficient (Wildman–Crippen LogP) is 5.64. The average molecular weight is 368 g/mol. The van der Waals surface area contributed by atoms with Gasteiger partial charge in [-0.2, -0.15) is 13.2 Å². The highest BCUT2D eigenvalue weighted by molar-refractivity contribution is 6.73. The van der Waals surface area contributed by atoms with Crippen LogP contribution in [0.1, 0.15) is 38.0 Å². The molecule has 0 amide bonds. The summed E-state index contributed by atoms with van der Waals surface area (Å²) in [4.78, 5) is 0. The van der Waals surface area contributed by atoms with E-state index in [1.54, 1.807) is 7.05 Å². The summed E-state index contributed by atoms with van der Waals surface area (Å²) in [6, 6.07) is 6.49. The van der Waals surface area contributed by atoms with Crippen molar-refractivity contribution in [2.24, 2.45) is 0 Å². The lowest BCUT2D eigenvalue weighted by atomic mass is 10.0. The minimum absolute atomic E-state index is 0.0447. The Bertz CT molecular complexity index is 498. The van der Waals surface area contributed by atoms with Gasteiger partial charge in [0, 0.05) is 17.1 Å². The van der Waals surface area contributed by atoms with Crippen molar-refractivity contribution in [3.8, 4) is 0 Å². The maximum absolute atomic E-state index is 13.4. The number of rotatable bonds is 8. The summed E-state index contributed by atoms with van der Waals surface area (Å²) in [6.45, 7) is 6.44. The maximum Gasteiger partial charge on any atom is 0.416 e. The van der Waals surface area contributed by atoms with E-state index >= 15 is 0 Å². The van der Waals surface area contributed by atoms with Crippen molar-refractivity contribution in [3.63, 3.8) is 0 Å². The number of halogens is 4. The molecule has 0 radical (unpaired) electrons. The maximum atomic E-state index is 13.4. The quantitative estimate of drug-likeness (QED) is 0.600. The lowest BCUT2D eigenvalue weighted by molar-refractivity contribution is -0.139. The minimum Gasteiger partial charge on any atom is -0.409 e. The molecule has 1 N–H and O–H groups in total. The lowest BCUT2D eigenvalue weighted by Crippen LogP contribution is -2.40. The molecule has 1 aromatic rings. The van der Waals surface area contributed by atoms with Crippen LogP contribution < -0.4 is 5.32 Å². The molecule has 0 aliphatic rings. The predicted molar refractivity (Wildman–Crippen MR) is 91.4 cm³/mol. The molecule has 23 heavy (non-hydrogen) atoms. The molecule has 0 saturated carbocycles. The first-order valence-corrected chi connectivity index (χ1v) is 10.8. The van der Waals surface area contributed by atoms with Gasteiger partial charge in [-0.1, -0.05) is 38.4 Å². The number of likely N-dealkylation sites (N-methyl/N-ethyl adjacent to an activating group) is 1. The highest BCUT2D eigenvalue weighted by Gasteiger charge is 2.39. The second kappa shape index (κ2) is 8.51. The van der Waals surface area contributed by atoms with E-state index in [0.717, 1.165) is 24.2 Å². The normalized spacial score (nSPS) is 14.1. The third kappa shape index (κ3) is 4.95. The summed E-state index contributed by atoms with van der Waals surface area (Å²) in [5.74, 6) is 0. The minimum atomic E-state index is -4.45. The van der Waals surface area contributed by atoms with E-state index in [-0.39, 0.29) is 10.6 Å². The van der Waals surface area contributed by atoms with E-state index in [1.807, 2.05) is 20.8 Å². The van der Waals surface area contributed by atoms with Crippen molar-refractivity contribution >= 4 is 19.9 Å². The Morgan fingerprint density at radius 1 is 1.17 bits per heavy atom. The van der Waals surface area contributed by atoms with Gasteiger partial charge in [-0.15, -0.1) is 0 Å². The third-order valence-electron chi connectivity index (χ3n) is 4.40. The van der Waals surface area contributed by atoms with Crippen molar-refractivity contribution in [1.29, 1.82) is 0 Å². The largest absolute Gasteiger partial charge is 0.416 e. The zero-order valence-corrected chi connectivity index (χ0v) is 15.8. The highest BCUT2D eigenvalue weighted by Crippen LogP contribution is 2.41. The first-order chi connectivity index (χ1) is 10.7. The van der Waals surface area contributed by atoms with Crippen LogP contribution in [0.2, 0.25) is 23.2 Å². The molecule has 0 fully saturated rings. The molecule has 0 saturated heterocycles. The van der Waals surface area contributed by atoms with Crippen LogP contribution in [0.4, 0.5) is 13.2 Å². The number of nitrogens with one attached hydrogen (secondary N) is 1. The molecule has 2 nitrogen and oxygen atoms in total. The molecule has 132 valence electrons. The zero-order valence-electron chi connectivity index (χ0n) is 14.1. The van der Waals surface area contributed by atoms with E-state index in [1.165, 1.54) is 12.1 Å². The van der Waals surface area contributed by atoms with E-state index in [4.69, 9.17) is 16.0 Å². The Balaban J connectivity index is 3.36. The van der Waals surface area contributed by atoms with Gasteiger partial charge in [-0.3, -0.25) is 0 Å². The van der Waals surface area contributed by atoms with Gasteiger partial charge in [0.2, 0.25) is 0 Å². The van der Waals surface area contributed by atoms with Crippen LogP contribution in [0.5, 0.6) is 0 Å². The van der Waals surface area contributed by atoms with Gasteiger partial charge in [0.25, 0.3) is 0 Å². The summed E-state index contributed by atoms with van der Waals surface area (Å²) in [6.07, 6.45) is -5.15. The van der Waals surface area contributed by atoms with Crippen molar-refractivity contribution in [3.05, 3.63) is 34.3 Å². The average Bonchev–Trinajstić information content (AvgIpc) is 2.51. The Kier molecular flexibility index (Phi) is 7.58. The smallest absolute Gasteiger partial charge is 0.409 e. The van der Waals surface area contributed by atoms with Crippen LogP contribution in [0.15, 0.2) is 18.2 Å². The van der Waals surface area contributed by atoms with Gasteiger partial charge < -0.3 is 9.74 Å². The van der Waals surface area contributed by atoms with Gasteiger partial charge in [0.1, 0.15) is 0 Å². The van der Waals surface area contributed by atoms with Crippen LogP contribution in [-0.2, 0) is 10.6 Å². The number of alkyl halides is 3. The summed E-state index contributed by atoms with van der Waals surface area (Å²) < 4.78 is 46.5. The first kappa shape index (κ1) is 20.5. The zero-order chi connectivity index (χ0) is 17.7. The topological polar surface area (TPSA) is 21.3 Å². The fourth-order valence-electron chi connectivity index (χ4n) is 2.80. The lowest BCUT2D eigenvalue weighted by Gasteiger charge is -2.34. The second-order valence-electron chi connectivity index (χ2n) is 5.61. The van der Waals surface area contributed by atoms with Crippen LogP contribution >= 0.6 is 11.6 Å². The van der Waals surface area contributed by atoms with Crippen molar-refractivity contribution in [2.75, 3.05) is 13.6 Å². The van der Waals surface area contributed by atoms with Crippen molar-refractivity contribution < 1.29 is 17.6 Å². The fourth-order valence-corrected chi connectivity index (χ4v) is 5.90. The molecular weight excluding hydrogens is 343 g/mol. The van der Waals surface area contributed by atoms with Crippen LogP contribution in [0.25, 0.3) is 0 Å². The highest BCUT2D eigenvalue weighted by atomic mass is 35.5. The molecule has 0 aromatic heterocycles. The van der Waals surface area contributed by atoms with E-state index in [2.05, 4.69) is 5.32 Å². The molecule has 1 atom stereocenters.